The second kappa shape index (κ2) is 9.76. The Labute approximate surface area is 131 Å². The van der Waals surface area contributed by atoms with Gasteiger partial charge in [0.05, 0.1) is 6.54 Å². The van der Waals surface area contributed by atoms with Gasteiger partial charge in [0.25, 0.3) is 5.91 Å². The molecule has 2 saturated heterocycles. The van der Waals surface area contributed by atoms with E-state index < -0.39 is 0 Å². The predicted octanol–water partition coefficient (Wildman–Crippen LogP) is 1.10. The molecule has 3 amide bonds. The first-order valence-corrected chi connectivity index (χ1v) is 7.68. The first kappa shape index (κ1) is 17.9. The maximum atomic E-state index is 11.2. The van der Waals surface area contributed by atoms with Crippen LogP contribution in [0, 0.1) is 0 Å². The Balaban J connectivity index is 0.000000255. The number of nitrogens with zero attached hydrogens (tertiary/aromatic N) is 1. The molecule has 2 aliphatic heterocycles. The van der Waals surface area contributed by atoms with E-state index in [4.69, 9.17) is 0 Å². The third-order valence-electron chi connectivity index (χ3n) is 3.51. The normalized spacial score (nSPS) is 17.7. The summed E-state index contributed by atoms with van der Waals surface area (Å²) in [5.41, 5.74) is 0.389. The molecule has 0 aliphatic carbocycles. The maximum absolute atomic E-state index is 11.2. The maximum Gasteiger partial charge on any atom is 0.252 e. The van der Waals surface area contributed by atoms with Crippen LogP contribution in [-0.4, -0.2) is 42.3 Å². The van der Waals surface area contributed by atoms with Crippen LogP contribution in [-0.2, 0) is 14.4 Å². The van der Waals surface area contributed by atoms with Gasteiger partial charge in [-0.3, -0.25) is 14.4 Å². The van der Waals surface area contributed by atoms with Crippen LogP contribution in [0.1, 0.15) is 38.5 Å². The number of rotatable bonds is 4. The van der Waals surface area contributed by atoms with E-state index in [0.717, 1.165) is 38.8 Å². The lowest BCUT2D eigenvalue weighted by atomic mass is 10.2. The molecule has 2 rings (SSSR count). The summed E-state index contributed by atoms with van der Waals surface area (Å²) in [5.74, 6) is 0.0414. The molecule has 0 unspecified atom stereocenters. The average Bonchev–Trinajstić information content (AvgIpc) is 2.74. The number of nitrogens with one attached hydrogen (secondary N) is 2. The number of amides is 3. The molecule has 2 N–H and O–H groups in total. The molecule has 6 nitrogen and oxygen atoms in total. The monoisotopic (exact) mass is 307 g/mol. The Morgan fingerprint density at radius 2 is 2.00 bits per heavy atom. The van der Waals surface area contributed by atoms with Crippen LogP contribution < -0.4 is 10.6 Å². The van der Waals surface area contributed by atoms with Crippen LogP contribution in [0.3, 0.4) is 0 Å². The van der Waals surface area contributed by atoms with Crippen molar-refractivity contribution in [2.45, 2.75) is 38.5 Å². The molecule has 22 heavy (non-hydrogen) atoms. The highest BCUT2D eigenvalue weighted by atomic mass is 16.2. The molecular weight excluding hydrogens is 282 g/mol. The predicted molar refractivity (Wildman–Crippen MR) is 84.8 cm³/mol. The SMILES string of the molecule is C=CNC(=O)C(=C)CN1CCCC1=O.O=C1CCCCCN1. The third-order valence-corrected chi connectivity index (χ3v) is 3.51. The summed E-state index contributed by atoms with van der Waals surface area (Å²) in [6, 6.07) is 0. The molecule has 0 aromatic heterocycles. The number of carbonyl (C=O) groups excluding carboxylic acids is 3. The lowest BCUT2D eigenvalue weighted by Gasteiger charge is -2.15. The number of carbonyl (C=O) groups is 3. The van der Waals surface area contributed by atoms with Crippen molar-refractivity contribution in [1.29, 1.82) is 0 Å². The van der Waals surface area contributed by atoms with Crippen molar-refractivity contribution in [3.63, 3.8) is 0 Å². The van der Waals surface area contributed by atoms with Crippen LogP contribution in [0.5, 0.6) is 0 Å². The van der Waals surface area contributed by atoms with E-state index in [-0.39, 0.29) is 17.7 Å². The summed E-state index contributed by atoms with van der Waals surface area (Å²) in [4.78, 5) is 34.7. The molecule has 0 aromatic carbocycles. The van der Waals surface area contributed by atoms with Crippen LogP contribution in [0.25, 0.3) is 0 Å². The molecule has 0 aromatic rings. The second-order valence-corrected chi connectivity index (χ2v) is 5.36. The van der Waals surface area contributed by atoms with Crippen molar-refractivity contribution in [3.05, 3.63) is 24.9 Å². The van der Waals surface area contributed by atoms with Gasteiger partial charge in [-0.1, -0.05) is 19.6 Å². The van der Waals surface area contributed by atoms with Crippen molar-refractivity contribution < 1.29 is 14.4 Å². The first-order valence-electron chi connectivity index (χ1n) is 7.68. The quantitative estimate of drug-likeness (QED) is 0.764. The van der Waals surface area contributed by atoms with Crippen molar-refractivity contribution >= 4 is 17.7 Å². The Hall–Kier alpha value is -2.11. The van der Waals surface area contributed by atoms with Gasteiger partial charge in [0.15, 0.2) is 0 Å². The van der Waals surface area contributed by atoms with Gasteiger partial charge in [0.2, 0.25) is 11.8 Å². The minimum Gasteiger partial charge on any atom is -0.356 e. The summed E-state index contributed by atoms with van der Waals surface area (Å²) in [6.45, 7) is 8.92. The lowest BCUT2D eigenvalue weighted by molar-refractivity contribution is -0.127. The first-order chi connectivity index (χ1) is 10.5. The highest BCUT2D eigenvalue weighted by molar-refractivity contribution is 5.94. The fourth-order valence-electron chi connectivity index (χ4n) is 2.27. The largest absolute Gasteiger partial charge is 0.356 e. The fourth-order valence-corrected chi connectivity index (χ4v) is 2.27. The molecule has 0 atom stereocenters. The highest BCUT2D eigenvalue weighted by Crippen LogP contribution is 2.11. The zero-order valence-electron chi connectivity index (χ0n) is 13.0. The molecule has 2 fully saturated rings. The smallest absolute Gasteiger partial charge is 0.252 e. The summed E-state index contributed by atoms with van der Waals surface area (Å²) < 4.78 is 0. The Bertz CT molecular complexity index is 436. The molecule has 122 valence electrons. The van der Waals surface area contributed by atoms with Crippen molar-refractivity contribution in [1.82, 2.24) is 15.5 Å². The van der Waals surface area contributed by atoms with E-state index >= 15 is 0 Å². The van der Waals surface area contributed by atoms with E-state index in [2.05, 4.69) is 23.8 Å². The Kier molecular flexibility index (Phi) is 7.96. The number of hydrogen-bond acceptors (Lipinski definition) is 3. The van der Waals surface area contributed by atoms with Crippen molar-refractivity contribution in [2.75, 3.05) is 19.6 Å². The number of hydrogen-bond donors (Lipinski definition) is 2. The van der Waals surface area contributed by atoms with E-state index in [1.165, 1.54) is 12.6 Å². The van der Waals surface area contributed by atoms with Gasteiger partial charge < -0.3 is 15.5 Å². The Morgan fingerprint density at radius 1 is 1.23 bits per heavy atom. The van der Waals surface area contributed by atoms with Crippen LogP contribution in [0.4, 0.5) is 0 Å². The standard InChI is InChI=1S/C10H14N2O2.C6H11NO/c1-3-11-10(14)8(2)7-12-6-4-5-9(12)13;8-6-4-2-1-3-5-7-6/h3H,1-2,4-7H2,(H,11,14);1-5H2,(H,7,8). The molecular formula is C16H25N3O3. The van der Waals surface area contributed by atoms with Crippen molar-refractivity contribution in [3.8, 4) is 0 Å². The van der Waals surface area contributed by atoms with E-state index in [0.29, 0.717) is 18.5 Å². The van der Waals surface area contributed by atoms with Crippen LogP contribution in [0.15, 0.2) is 24.9 Å². The zero-order valence-corrected chi connectivity index (χ0v) is 13.0. The zero-order chi connectivity index (χ0) is 16.4. The van der Waals surface area contributed by atoms with Crippen LogP contribution >= 0.6 is 0 Å². The average molecular weight is 307 g/mol. The van der Waals surface area contributed by atoms with Crippen LogP contribution in [0.2, 0.25) is 0 Å². The topological polar surface area (TPSA) is 78.5 Å². The fraction of sp³-hybridized carbons (Fsp3) is 0.562. The minimum absolute atomic E-state index is 0.0950. The summed E-state index contributed by atoms with van der Waals surface area (Å²) >= 11 is 0. The van der Waals surface area contributed by atoms with Gasteiger partial charge in [0, 0.05) is 31.5 Å². The molecule has 6 heteroatoms. The Morgan fingerprint density at radius 3 is 2.64 bits per heavy atom. The van der Waals surface area contributed by atoms with Gasteiger partial charge >= 0.3 is 0 Å². The number of likely N-dealkylation sites (tertiary alicyclic amines) is 1. The molecule has 0 spiro atoms. The van der Waals surface area contributed by atoms with Gasteiger partial charge in [0.1, 0.15) is 0 Å². The van der Waals surface area contributed by atoms with Gasteiger partial charge in [-0.25, -0.2) is 0 Å². The van der Waals surface area contributed by atoms with E-state index in [1.807, 2.05) is 0 Å². The molecule has 0 bridgehead atoms. The van der Waals surface area contributed by atoms with Crippen molar-refractivity contribution in [2.24, 2.45) is 0 Å². The lowest BCUT2D eigenvalue weighted by Crippen LogP contribution is -2.31. The summed E-state index contributed by atoms with van der Waals surface area (Å²) in [7, 11) is 0. The molecule has 2 aliphatic rings. The summed E-state index contributed by atoms with van der Waals surface area (Å²) in [6.07, 6.45) is 6.93. The summed E-state index contributed by atoms with van der Waals surface area (Å²) in [5, 5.41) is 5.23. The van der Waals surface area contributed by atoms with Gasteiger partial charge in [-0.2, -0.15) is 0 Å². The molecule has 2 heterocycles. The van der Waals surface area contributed by atoms with E-state index in [1.54, 1.807) is 4.90 Å². The molecule has 0 radical (unpaired) electrons. The second-order valence-electron chi connectivity index (χ2n) is 5.36. The third kappa shape index (κ3) is 6.56. The van der Waals surface area contributed by atoms with E-state index in [9.17, 15) is 14.4 Å². The molecule has 0 saturated carbocycles. The van der Waals surface area contributed by atoms with Gasteiger partial charge in [-0.15, -0.1) is 0 Å². The highest BCUT2D eigenvalue weighted by Gasteiger charge is 2.21. The van der Waals surface area contributed by atoms with Gasteiger partial charge in [-0.05, 0) is 25.5 Å². The minimum atomic E-state index is -0.278.